The fourth-order valence-corrected chi connectivity index (χ4v) is 2.90. The van der Waals surface area contributed by atoms with Crippen molar-refractivity contribution in [2.45, 2.75) is 38.6 Å². The average Bonchev–Trinajstić information content (AvgIpc) is 2.20. The Morgan fingerprint density at radius 3 is 3.00 bits per heavy atom. The number of rotatable bonds is 1. The van der Waals surface area contributed by atoms with Crippen molar-refractivity contribution in [3.63, 3.8) is 0 Å². The van der Waals surface area contributed by atoms with Gasteiger partial charge in [-0.25, -0.2) is 0 Å². The van der Waals surface area contributed by atoms with Crippen LogP contribution in [0.3, 0.4) is 0 Å². The summed E-state index contributed by atoms with van der Waals surface area (Å²) in [5, 5.41) is 0. The molecule has 1 atom stereocenters. The molecule has 76 valence electrons. The molecule has 0 fully saturated rings. The molecule has 2 rings (SSSR count). The maximum absolute atomic E-state index is 6.17. The molecule has 0 saturated carbocycles. The fourth-order valence-electron chi connectivity index (χ4n) is 2.35. The number of benzene rings is 1. The highest BCUT2D eigenvalue weighted by Crippen LogP contribution is 2.35. The van der Waals surface area contributed by atoms with Crippen molar-refractivity contribution in [1.29, 1.82) is 0 Å². The van der Waals surface area contributed by atoms with Crippen molar-refractivity contribution < 1.29 is 0 Å². The quantitative estimate of drug-likeness (QED) is 0.817. The Morgan fingerprint density at radius 2 is 2.29 bits per heavy atom. The van der Waals surface area contributed by atoms with Crippen molar-refractivity contribution >= 4 is 15.9 Å². The van der Waals surface area contributed by atoms with E-state index in [1.54, 1.807) is 0 Å². The van der Waals surface area contributed by atoms with E-state index >= 15 is 0 Å². The molecule has 1 nitrogen and oxygen atoms in total. The topological polar surface area (TPSA) is 26.0 Å². The summed E-state index contributed by atoms with van der Waals surface area (Å²) in [4.78, 5) is 0. The first-order valence-electron chi connectivity index (χ1n) is 5.29. The normalized spacial score (nSPS) is 20.6. The van der Waals surface area contributed by atoms with Crippen LogP contribution < -0.4 is 5.73 Å². The number of hydrogen-bond acceptors (Lipinski definition) is 1. The summed E-state index contributed by atoms with van der Waals surface area (Å²) in [7, 11) is 0. The third kappa shape index (κ3) is 1.61. The fraction of sp³-hybridized carbons (Fsp3) is 0.500. The molecule has 1 aromatic carbocycles. The summed E-state index contributed by atoms with van der Waals surface area (Å²) in [6.07, 6.45) is 4.62. The van der Waals surface area contributed by atoms with E-state index in [9.17, 15) is 0 Å². The molecule has 0 heterocycles. The number of halogens is 1. The molecule has 0 spiro atoms. The summed E-state index contributed by atoms with van der Waals surface area (Å²) < 4.78 is 1.24. The van der Waals surface area contributed by atoms with E-state index in [-0.39, 0.29) is 6.04 Å². The lowest BCUT2D eigenvalue weighted by atomic mass is 9.84. The molecule has 1 aliphatic carbocycles. The Hall–Kier alpha value is -0.340. The van der Waals surface area contributed by atoms with Gasteiger partial charge in [-0.1, -0.05) is 28.9 Å². The van der Waals surface area contributed by atoms with Gasteiger partial charge in [0.2, 0.25) is 0 Å². The second kappa shape index (κ2) is 4.03. The summed E-state index contributed by atoms with van der Waals surface area (Å²) in [6, 6.07) is 4.62. The number of fused-ring (bicyclic) bond motifs is 1. The Labute approximate surface area is 93.8 Å². The molecule has 0 amide bonds. The van der Waals surface area contributed by atoms with Gasteiger partial charge in [-0.15, -0.1) is 0 Å². The first-order valence-corrected chi connectivity index (χ1v) is 6.09. The van der Waals surface area contributed by atoms with Crippen LogP contribution in [0.1, 0.15) is 42.5 Å². The first kappa shape index (κ1) is 10.2. The lowest BCUT2D eigenvalue weighted by Crippen LogP contribution is -2.19. The minimum Gasteiger partial charge on any atom is -0.324 e. The molecule has 0 unspecified atom stereocenters. The SMILES string of the molecule is CCc1ccc(Br)c2c1[C@H](N)CCC2. The molecule has 2 heteroatoms. The second-order valence-electron chi connectivity index (χ2n) is 3.95. The van der Waals surface area contributed by atoms with Gasteiger partial charge in [0.1, 0.15) is 0 Å². The van der Waals surface area contributed by atoms with Crippen LogP contribution in [0.2, 0.25) is 0 Å². The monoisotopic (exact) mass is 253 g/mol. The van der Waals surface area contributed by atoms with Gasteiger partial charge in [0.05, 0.1) is 0 Å². The van der Waals surface area contributed by atoms with E-state index in [4.69, 9.17) is 5.73 Å². The smallest absolute Gasteiger partial charge is 0.0300 e. The van der Waals surface area contributed by atoms with E-state index in [2.05, 4.69) is 35.0 Å². The largest absolute Gasteiger partial charge is 0.324 e. The first-order chi connectivity index (χ1) is 6.74. The van der Waals surface area contributed by atoms with Crippen molar-refractivity contribution in [2.24, 2.45) is 5.73 Å². The predicted octanol–water partition coefficient (Wildman–Crippen LogP) is 3.35. The highest BCUT2D eigenvalue weighted by molar-refractivity contribution is 9.10. The molecule has 0 radical (unpaired) electrons. The van der Waals surface area contributed by atoms with Crippen molar-refractivity contribution in [3.05, 3.63) is 33.3 Å². The molecular weight excluding hydrogens is 238 g/mol. The molecule has 0 bridgehead atoms. The Balaban J connectivity index is 2.58. The molecular formula is C12H16BrN. The average molecular weight is 254 g/mol. The Kier molecular flexibility index (Phi) is 2.93. The lowest BCUT2D eigenvalue weighted by molar-refractivity contribution is 0.564. The standard InChI is InChI=1S/C12H16BrN/c1-2-8-6-7-10(13)9-4-3-5-11(14)12(8)9/h6-7,11H,2-5,14H2,1H3/t11-/m1/s1. The Morgan fingerprint density at radius 1 is 1.50 bits per heavy atom. The third-order valence-electron chi connectivity index (χ3n) is 3.08. The zero-order valence-corrected chi connectivity index (χ0v) is 10.1. The van der Waals surface area contributed by atoms with Crippen molar-refractivity contribution in [3.8, 4) is 0 Å². The van der Waals surface area contributed by atoms with E-state index in [0.717, 1.165) is 12.8 Å². The Bertz CT molecular complexity index is 346. The van der Waals surface area contributed by atoms with Gasteiger partial charge in [-0.2, -0.15) is 0 Å². The van der Waals surface area contributed by atoms with E-state index in [0.29, 0.717) is 0 Å². The van der Waals surface area contributed by atoms with Crippen molar-refractivity contribution in [1.82, 2.24) is 0 Å². The van der Waals surface area contributed by atoms with Crippen LogP contribution in [0.25, 0.3) is 0 Å². The van der Waals surface area contributed by atoms with Crippen molar-refractivity contribution in [2.75, 3.05) is 0 Å². The predicted molar refractivity (Wildman–Crippen MR) is 63.4 cm³/mol. The van der Waals surface area contributed by atoms with Gasteiger partial charge in [0.15, 0.2) is 0 Å². The van der Waals surface area contributed by atoms with Crippen LogP contribution in [0.5, 0.6) is 0 Å². The van der Waals surface area contributed by atoms with Crippen LogP contribution in [0.15, 0.2) is 16.6 Å². The van der Waals surface area contributed by atoms with E-state index < -0.39 is 0 Å². The zero-order valence-electron chi connectivity index (χ0n) is 8.52. The van der Waals surface area contributed by atoms with Crippen LogP contribution in [0.4, 0.5) is 0 Å². The number of aryl methyl sites for hydroxylation is 1. The van der Waals surface area contributed by atoms with Gasteiger partial charge in [-0.3, -0.25) is 0 Å². The summed E-state index contributed by atoms with van der Waals surface area (Å²) in [5.74, 6) is 0. The van der Waals surface area contributed by atoms with Crippen LogP contribution in [-0.4, -0.2) is 0 Å². The van der Waals surface area contributed by atoms with Gasteiger partial charge in [0, 0.05) is 10.5 Å². The minimum atomic E-state index is 0.256. The van der Waals surface area contributed by atoms with Gasteiger partial charge >= 0.3 is 0 Å². The van der Waals surface area contributed by atoms with E-state index in [1.807, 2.05) is 0 Å². The maximum atomic E-state index is 6.17. The molecule has 1 aromatic rings. The summed E-state index contributed by atoms with van der Waals surface area (Å²) in [6.45, 7) is 2.20. The minimum absolute atomic E-state index is 0.256. The van der Waals surface area contributed by atoms with Gasteiger partial charge in [0.25, 0.3) is 0 Å². The van der Waals surface area contributed by atoms with Gasteiger partial charge < -0.3 is 5.73 Å². The number of hydrogen-bond donors (Lipinski definition) is 1. The molecule has 1 aliphatic rings. The van der Waals surface area contributed by atoms with Crippen LogP contribution in [-0.2, 0) is 12.8 Å². The molecule has 0 aromatic heterocycles. The van der Waals surface area contributed by atoms with Crippen LogP contribution in [0, 0.1) is 0 Å². The van der Waals surface area contributed by atoms with Gasteiger partial charge in [-0.05, 0) is 48.4 Å². The zero-order chi connectivity index (χ0) is 10.1. The lowest BCUT2D eigenvalue weighted by Gasteiger charge is -2.26. The highest BCUT2D eigenvalue weighted by atomic mass is 79.9. The molecule has 2 N–H and O–H groups in total. The molecule has 0 saturated heterocycles. The molecule has 0 aliphatic heterocycles. The van der Waals surface area contributed by atoms with E-state index in [1.165, 1.54) is 34.0 Å². The maximum Gasteiger partial charge on any atom is 0.0300 e. The highest BCUT2D eigenvalue weighted by Gasteiger charge is 2.21. The third-order valence-corrected chi connectivity index (χ3v) is 3.83. The second-order valence-corrected chi connectivity index (χ2v) is 4.81. The van der Waals surface area contributed by atoms with Crippen LogP contribution >= 0.6 is 15.9 Å². The summed E-state index contributed by atoms with van der Waals surface area (Å²) >= 11 is 3.62. The summed E-state index contributed by atoms with van der Waals surface area (Å²) in [5.41, 5.74) is 10.5. The number of nitrogens with two attached hydrogens (primary N) is 1. The molecule has 14 heavy (non-hydrogen) atoms.